The fraction of sp³-hybridized carbons (Fsp3) is 0.345. The van der Waals surface area contributed by atoms with E-state index in [2.05, 4.69) is 0 Å². The maximum absolute atomic E-state index is 15.6. The molecule has 0 saturated carbocycles. The van der Waals surface area contributed by atoms with Gasteiger partial charge in [-0.15, -0.1) is 0 Å². The Labute approximate surface area is 226 Å². The van der Waals surface area contributed by atoms with Crippen molar-refractivity contribution in [3.05, 3.63) is 95.3 Å². The van der Waals surface area contributed by atoms with Gasteiger partial charge in [0, 0.05) is 19.8 Å². The number of halogens is 1. The van der Waals surface area contributed by atoms with Crippen LogP contribution < -0.4 is 9.47 Å². The van der Waals surface area contributed by atoms with Crippen molar-refractivity contribution in [1.82, 2.24) is 0 Å². The molecule has 10 heteroatoms. The van der Waals surface area contributed by atoms with Crippen LogP contribution in [0.5, 0.6) is 11.5 Å². The maximum atomic E-state index is 15.6. The highest BCUT2D eigenvalue weighted by Crippen LogP contribution is 2.36. The number of hydrogen-bond acceptors (Lipinski definition) is 9. The SMILES string of the molecule is COCCOCOc1ccc(C(O)C(=O)OC(c2ccccc2)c2ccccc2)c(F)c1OCOCCOC. The number of aliphatic hydroxyl groups excluding tert-OH is 1. The molecule has 0 aliphatic heterocycles. The van der Waals surface area contributed by atoms with E-state index in [9.17, 15) is 9.90 Å². The molecule has 0 amide bonds. The summed E-state index contributed by atoms with van der Waals surface area (Å²) >= 11 is 0. The molecule has 0 bridgehead atoms. The van der Waals surface area contributed by atoms with Gasteiger partial charge in [0.2, 0.25) is 5.75 Å². The monoisotopic (exact) mass is 544 g/mol. The molecule has 0 radical (unpaired) electrons. The highest BCUT2D eigenvalue weighted by molar-refractivity contribution is 5.77. The van der Waals surface area contributed by atoms with Crippen LogP contribution in [0.15, 0.2) is 72.8 Å². The van der Waals surface area contributed by atoms with Gasteiger partial charge in [0.1, 0.15) is 0 Å². The van der Waals surface area contributed by atoms with Crippen LogP contribution in [0.2, 0.25) is 0 Å². The van der Waals surface area contributed by atoms with Crippen LogP contribution in [0.4, 0.5) is 4.39 Å². The fourth-order valence-corrected chi connectivity index (χ4v) is 3.51. The molecule has 9 nitrogen and oxygen atoms in total. The van der Waals surface area contributed by atoms with Crippen molar-refractivity contribution in [2.75, 3.05) is 54.2 Å². The molecule has 1 N–H and O–H groups in total. The standard InChI is InChI=1S/C29H33FO9/c1-33-15-17-35-19-37-24-14-13-23(25(30)28(24)38-20-36-18-16-34-2)26(31)29(32)39-27(21-9-5-3-6-10-21)22-11-7-4-8-12-22/h3-14,26-27,31H,15-20H2,1-2H3. The molecular weight excluding hydrogens is 511 g/mol. The molecule has 3 rings (SSSR count). The van der Waals surface area contributed by atoms with Gasteiger partial charge in [-0.2, -0.15) is 0 Å². The molecule has 0 fully saturated rings. The second kappa shape index (κ2) is 16.4. The normalized spacial score (nSPS) is 11.8. The zero-order chi connectivity index (χ0) is 27.9. The topological polar surface area (TPSA) is 102 Å². The van der Waals surface area contributed by atoms with Crippen molar-refractivity contribution >= 4 is 5.97 Å². The van der Waals surface area contributed by atoms with Gasteiger partial charge in [0.25, 0.3) is 0 Å². The van der Waals surface area contributed by atoms with Crippen molar-refractivity contribution in [3.63, 3.8) is 0 Å². The average molecular weight is 545 g/mol. The summed E-state index contributed by atoms with van der Waals surface area (Å²) in [6, 6.07) is 20.7. The number of benzene rings is 3. The summed E-state index contributed by atoms with van der Waals surface area (Å²) in [6.45, 7) is 0.621. The lowest BCUT2D eigenvalue weighted by molar-refractivity contribution is -0.158. The number of ether oxygens (including phenoxy) is 7. The van der Waals surface area contributed by atoms with Crippen LogP contribution in [-0.2, 0) is 28.5 Å². The first kappa shape index (κ1) is 30.0. The van der Waals surface area contributed by atoms with E-state index in [1.54, 1.807) is 24.3 Å². The van der Waals surface area contributed by atoms with Crippen LogP contribution in [0.3, 0.4) is 0 Å². The van der Waals surface area contributed by atoms with Gasteiger partial charge in [-0.25, -0.2) is 9.18 Å². The Morgan fingerprint density at radius 1 is 0.769 bits per heavy atom. The number of methoxy groups -OCH3 is 2. The summed E-state index contributed by atoms with van der Waals surface area (Å²) in [5.74, 6) is -2.39. The average Bonchev–Trinajstić information content (AvgIpc) is 2.97. The van der Waals surface area contributed by atoms with E-state index < -0.39 is 24.0 Å². The summed E-state index contributed by atoms with van der Waals surface area (Å²) < 4.78 is 52.6. The Hall–Kier alpha value is -3.54. The number of esters is 1. The third-order valence-electron chi connectivity index (χ3n) is 5.50. The Morgan fingerprint density at radius 3 is 1.85 bits per heavy atom. The molecule has 0 heterocycles. The minimum Gasteiger partial charge on any atom is -0.464 e. The summed E-state index contributed by atoms with van der Waals surface area (Å²) in [4.78, 5) is 13.1. The van der Waals surface area contributed by atoms with Crippen LogP contribution in [0.25, 0.3) is 0 Å². The Morgan fingerprint density at radius 2 is 1.31 bits per heavy atom. The minimum atomic E-state index is -1.94. The summed E-state index contributed by atoms with van der Waals surface area (Å²) in [5.41, 5.74) is 1.04. The smallest absolute Gasteiger partial charge is 0.340 e. The number of carbonyl (C=O) groups excluding carboxylic acids is 1. The Balaban J connectivity index is 1.80. The largest absolute Gasteiger partial charge is 0.464 e. The predicted octanol–water partition coefficient (Wildman–Crippen LogP) is 4.19. The summed E-state index contributed by atoms with van der Waals surface area (Å²) in [5, 5.41) is 10.8. The molecule has 39 heavy (non-hydrogen) atoms. The number of rotatable bonds is 17. The van der Waals surface area contributed by atoms with Crippen LogP contribution in [0.1, 0.15) is 28.9 Å². The van der Waals surface area contributed by atoms with Gasteiger partial charge in [-0.3, -0.25) is 0 Å². The minimum absolute atomic E-state index is 0.00368. The van der Waals surface area contributed by atoms with Gasteiger partial charge >= 0.3 is 5.97 Å². The van der Waals surface area contributed by atoms with Crippen LogP contribution in [0, 0.1) is 5.82 Å². The highest BCUT2D eigenvalue weighted by atomic mass is 19.1. The third-order valence-corrected chi connectivity index (χ3v) is 5.50. The Bertz CT molecular complexity index is 1090. The Kier molecular flexibility index (Phi) is 12.6. The number of aliphatic hydroxyl groups is 1. The van der Waals surface area contributed by atoms with E-state index in [1.807, 2.05) is 36.4 Å². The molecule has 0 saturated heterocycles. The molecule has 0 aliphatic carbocycles. The first-order valence-corrected chi connectivity index (χ1v) is 12.3. The van der Waals surface area contributed by atoms with Crippen LogP contribution in [-0.4, -0.2) is 65.3 Å². The number of carbonyl (C=O) groups is 1. The van der Waals surface area contributed by atoms with Crippen molar-refractivity contribution in [2.24, 2.45) is 0 Å². The molecule has 0 aromatic heterocycles. The van der Waals surface area contributed by atoms with Crippen molar-refractivity contribution in [3.8, 4) is 11.5 Å². The number of hydrogen-bond donors (Lipinski definition) is 1. The van der Waals surface area contributed by atoms with E-state index in [0.29, 0.717) is 24.3 Å². The molecular formula is C29H33FO9. The van der Waals surface area contributed by atoms with E-state index in [1.165, 1.54) is 26.4 Å². The molecule has 1 atom stereocenters. The lowest BCUT2D eigenvalue weighted by atomic mass is 10.0. The van der Waals surface area contributed by atoms with Gasteiger partial charge in [0.05, 0.1) is 26.4 Å². The lowest BCUT2D eigenvalue weighted by Gasteiger charge is -2.22. The van der Waals surface area contributed by atoms with Crippen molar-refractivity contribution in [1.29, 1.82) is 0 Å². The molecule has 0 aliphatic rings. The quantitative estimate of drug-likeness (QED) is 0.152. The summed E-state index contributed by atoms with van der Waals surface area (Å²) in [7, 11) is 3.05. The van der Waals surface area contributed by atoms with Crippen molar-refractivity contribution < 1.29 is 47.4 Å². The zero-order valence-electron chi connectivity index (χ0n) is 21.9. The van der Waals surface area contributed by atoms with Crippen LogP contribution >= 0.6 is 0 Å². The summed E-state index contributed by atoms with van der Waals surface area (Å²) in [6.07, 6.45) is -2.75. The van der Waals surface area contributed by atoms with Gasteiger partial charge in [0.15, 0.2) is 37.4 Å². The molecule has 3 aromatic carbocycles. The third kappa shape index (κ3) is 9.02. The second-order valence-corrected chi connectivity index (χ2v) is 8.16. The van der Waals surface area contributed by atoms with E-state index in [4.69, 9.17) is 33.2 Å². The van der Waals surface area contributed by atoms with E-state index in [-0.39, 0.29) is 43.9 Å². The first-order valence-electron chi connectivity index (χ1n) is 12.3. The predicted molar refractivity (Wildman–Crippen MR) is 139 cm³/mol. The second-order valence-electron chi connectivity index (χ2n) is 8.16. The maximum Gasteiger partial charge on any atom is 0.340 e. The lowest BCUT2D eigenvalue weighted by Crippen LogP contribution is -2.21. The molecule has 210 valence electrons. The molecule has 1 unspecified atom stereocenters. The fourth-order valence-electron chi connectivity index (χ4n) is 3.51. The molecule has 0 spiro atoms. The van der Waals surface area contributed by atoms with E-state index >= 15 is 4.39 Å². The molecule has 3 aromatic rings. The first-order chi connectivity index (χ1) is 19.1. The highest BCUT2D eigenvalue weighted by Gasteiger charge is 2.30. The van der Waals surface area contributed by atoms with E-state index in [0.717, 1.165) is 0 Å². The van der Waals surface area contributed by atoms with Crippen molar-refractivity contribution in [2.45, 2.75) is 12.2 Å². The zero-order valence-corrected chi connectivity index (χ0v) is 21.9. The van der Waals surface area contributed by atoms with Gasteiger partial charge < -0.3 is 38.3 Å². The van der Waals surface area contributed by atoms with Gasteiger partial charge in [-0.1, -0.05) is 60.7 Å². The van der Waals surface area contributed by atoms with Gasteiger partial charge in [-0.05, 0) is 23.3 Å².